The van der Waals surface area contributed by atoms with Crippen molar-refractivity contribution in [3.63, 3.8) is 0 Å². The molecule has 0 saturated carbocycles. The SMILES string of the molecule is Cc1ccccc1/C=N/N(C)Cc1cccc2ccccc12. The van der Waals surface area contributed by atoms with Gasteiger partial charge in [-0.2, -0.15) is 5.10 Å². The van der Waals surface area contributed by atoms with Crippen LogP contribution in [-0.4, -0.2) is 18.3 Å². The van der Waals surface area contributed by atoms with E-state index in [9.17, 15) is 0 Å². The van der Waals surface area contributed by atoms with Gasteiger partial charge in [-0.15, -0.1) is 0 Å². The molecule has 0 aliphatic heterocycles. The molecule has 3 aromatic rings. The number of aryl methyl sites for hydroxylation is 1. The zero-order valence-electron chi connectivity index (χ0n) is 13.0. The third kappa shape index (κ3) is 3.17. The van der Waals surface area contributed by atoms with Gasteiger partial charge in [-0.3, -0.25) is 5.01 Å². The fourth-order valence-corrected chi connectivity index (χ4v) is 2.61. The van der Waals surface area contributed by atoms with Crippen LogP contribution in [-0.2, 0) is 6.54 Å². The monoisotopic (exact) mass is 288 g/mol. The lowest BCUT2D eigenvalue weighted by Crippen LogP contribution is -2.11. The van der Waals surface area contributed by atoms with Gasteiger partial charge >= 0.3 is 0 Å². The molecule has 0 radical (unpaired) electrons. The van der Waals surface area contributed by atoms with E-state index in [4.69, 9.17) is 0 Å². The van der Waals surface area contributed by atoms with Crippen molar-refractivity contribution in [2.24, 2.45) is 5.10 Å². The lowest BCUT2D eigenvalue weighted by atomic mass is 10.0. The van der Waals surface area contributed by atoms with Crippen molar-refractivity contribution < 1.29 is 0 Å². The molecule has 110 valence electrons. The molecule has 0 aromatic heterocycles. The van der Waals surface area contributed by atoms with E-state index < -0.39 is 0 Å². The Hall–Kier alpha value is -2.61. The normalized spacial score (nSPS) is 11.2. The molecule has 0 bridgehead atoms. The molecular formula is C20H20N2. The summed E-state index contributed by atoms with van der Waals surface area (Å²) in [5.74, 6) is 0. The summed E-state index contributed by atoms with van der Waals surface area (Å²) in [7, 11) is 2.01. The predicted octanol–water partition coefficient (Wildman–Crippen LogP) is 4.61. The second kappa shape index (κ2) is 6.44. The zero-order chi connectivity index (χ0) is 15.4. The van der Waals surface area contributed by atoms with E-state index in [0.717, 1.165) is 12.1 Å². The Morgan fingerprint density at radius 3 is 2.50 bits per heavy atom. The number of benzene rings is 3. The van der Waals surface area contributed by atoms with E-state index in [0.29, 0.717) is 0 Å². The highest BCUT2D eigenvalue weighted by atomic mass is 15.4. The van der Waals surface area contributed by atoms with Gasteiger partial charge < -0.3 is 0 Å². The highest BCUT2D eigenvalue weighted by molar-refractivity contribution is 5.85. The van der Waals surface area contributed by atoms with Gasteiger partial charge in [0.2, 0.25) is 0 Å². The van der Waals surface area contributed by atoms with E-state index in [2.05, 4.69) is 66.6 Å². The molecular weight excluding hydrogens is 268 g/mol. The second-order valence-corrected chi connectivity index (χ2v) is 5.56. The number of hydrazone groups is 1. The van der Waals surface area contributed by atoms with Gasteiger partial charge in [0.05, 0.1) is 12.8 Å². The third-order valence-corrected chi connectivity index (χ3v) is 3.86. The smallest absolute Gasteiger partial charge is 0.0613 e. The summed E-state index contributed by atoms with van der Waals surface area (Å²) in [5, 5.41) is 9.11. The number of nitrogens with zero attached hydrogens (tertiary/aromatic N) is 2. The van der Waals surface area contributed by atoms with Crippen molar-refractivity contribution in [2.75, 3.05) is 7.05 Å². The minimum atomic E-state index is 0.795. The van der Waals surface area contributed by atoms with Gasteiger partial charge in [0.1, 0.15) is 0 Å². The molecule has 2 heteroatoms. The standard InChI is InChI=1S/C20H20N2/c1-16-8-3-4-10-18(16)14-21-22(2)15-19-12-7-11-17-9-5-6-13-20(17)19/h3-14H,15H2,1-2H3/b21-14+. The number of hydrogen-bond acceptors (Lipinski definition) is 2. The Bertz CT molecular complexity index is 800. The zero-order valence-corrected chi connectivity index (χ0v) is 13.0. The summed E-state index contributed by atoms with van der Waals surface area (Å²) < 4.78 is 0. The maximum Gasteiger partial charge on any atom is 0.0613 e. The average molecular weight is 288 g/mol. The molecule has 0 N–H and O–H groups in total. The lowest BCUT2D eigenvalue weighted by molar-refractivity contribution is 0.350. The van der Waals surface area contributed by atoms with E-state index in [-0.39, 0.29) is 0 Å². The van der Waals surface area contributed by atoms with Crippen molar-refractivity contribution in [2.45, 2.75) is 13.5 Å². The quantitative estimate of drug-likeness (QED) is 0.505. The summed E-state index contributed by atoms with van der Waals surface area (Å²) in [4.78, 5) is 0. The Morgan fingerprint density at radius 2 is 1.64 bits per heavy atom. The van der Waals surface area contributed by atoms with Crippen molar-refractivity contribution in [3.8, 4) is 0 Å². The first kappa shape index (κ1) is 14.3. The summed E-state index contributed by atoms with van der Waals surface area (Å²) in [6, 6.07) is 23.2. The molecule has 0 aliphatic carbocycles. The summed E-state index contributed by atoms with van der Waals surface area (Å²) >= 11 is 0. The van der Waals surface area contributed by atoms with Gasteiger partial charge in [-0.1, -0.05) is 66.7 Å². The van der Waals surface area contributed by atoms with Gasteiger partial charge in [0.25, 0.3) is 0 Å². The van der Waals surface area contributed by atoms with Crippen molar-refractivity contribution in [1.29, 1.82) is 0 Å². The molecule has 0 fully saturated rings. The molecule has 0 heterocycles. The molecule has 0 unspecified atom stereocenters. The minimum absolute atomic E-state index is 0.795. The molecule has 3 aromatic carbocycles. The fraction of sp³-hybridized carbons (Fsp3) is 0.150. The highest BCUT2D eigenvalue weighted by Gasteiger charge is 2.02. The van der Waals surface area contributed by atoms with Gasteiger partial charge in [0.15, 0.2) is 0 Å². The Balaban J connectivity index is 1.79. The van der Waals surface area contributed by atoms with Crippen molar-refractivity contribution >= 4 is 17.0 Å². The second-order valence-electron chi connectivity index (χ2n) is 5.56. The van der Waals surface area contributed by atoms with Crippen LogP contribution in [0, 0.1) is 6.92 Å². The maximum absolute atomic E-state index is 4.57. The topological polar surface area (TPSA) is 15.6 Å². The summed E-state index contributed by atoms with van der Waals surface area (Å²) in [6.45, 7) is 2.90. The molecule has 0 atom stereocenters. The Kier molecular flexibility index (Phi) is 4.19. The van der Waals surface area contributed by atoms with Crippen LogP contribution in [0.4, 0.5) is 0 Å². The van der Waals surface area contributed by atoms with E-state index in [1.54, 1.807) is 0 Å². The molecule has 0 amide bonds. The molecule has 3 rings (SSSR count). The Labute approximate surface area is 131 Å². The molecule has 0 aliphatic rings. The molecule has 22 heavy (non-hydrogen) atoms. The Morgan fingerprint density at radius 1 is 0.909 bits per heavy atom. The summed E-state index contributed by atoms with van der Waals surface area (Å²) in [5.41, 5.74) is 3.69. The van der Waals surface area contributed by atoms with Crippen LogP contribution in [0.1, 0.15) is 16.7 Å². The van der Waals surface area contributed by atoms with Crippen LogP contribution in [0.3, 0.4) is 0 Å². The molecule has 0 saturated heterocycles. The lowest BCUT2D eigenvalue weighted by Gasteiger charge is -2.15. The number of rotatable bonds is 4. The first-order chi connectivity index (χ1) is 10.7. The molecule has 2 nitrogen and oxygen atoms in total. The van der Waals surface area contributed by atoms with Crippen LogP contribution in [0.5, 0.6) is 0 Å². The van der Waals surface area contributed by atoms with Crippen LogP contribution in [0.25, 0.3) is 10.8 Å². The third-order valence-electron chi connectivity index (χ3n) is 3.86. The van der Waals surface area contributed by atoms with Crippen LogP contribution < -0.4 is 0 Å². The van der Waals surface area contributed by atoms with Gasteiger partial charge in [-0.05, 0) is 34.4 Å². The van der Waals surface area contributed by atoms with Crippen LogP contribution in [0.15, 0.2) is 71.8 Å². The van der Waals surface area contributed by atoms with E-state index >= 15 is 0 Å². The predicted molar refractivity (Wildman–Crippen MR) is 94.2 cm³/mol. The van der Waals surface area contributed by atoms with Crippen LogP contribution in [0.2, 0.25) is 0 Å². The average Bonchev–Trinajstić information content (AvgIpc) is 2.54. The summed E-state index contributed by atoms with van der Waals surface area (Å²) in [6.07, 6.45) is 1.93. The van der Waals surface area contributed by atoms with E-state index in [1.807, 2.05) is 30.4 Å². The van der Waals surface area contributed by atoms with Crippen LogP contribution >= 0.6 is 0 Å². The largest absolute Gasteiger partial charge is 0.296 e. The van der Waals surface area contributed by atoms with Crippen molar-refractivity contribution in [3.05, 3.63) is 83.4 Å². The minimum Gasteiger partial charge on any atom is -0.296 e. The maximum atomic E-state index is 4.57. The number of fused-ring (bicyclic) bond motifs is 1. The number of hydrogen-bond donors (Lipinski definition) is 0. The molecule has 0 spiro atoms. The first-order valence-electron chi connectivity index (χ1n) is 7.51. The highest BCUT2D eigenvalue weighted by Crippen LogP contribution is 2.19. The van der Waals surface area contributed by atoms with Crippen molar-refractivity contribution in [1.82, 2.24) is 5.01 Å². The van der Waals surface area contributed by atoms with Gasteiger partial charge in [0, 0.05) is 7.05 Å². The van der Waals surface area contributed by atoms with E-state index in [1.165, 1.54) is 21.9 Å². The first-order valence-corrected chi connectivity index (χ1v) is 7.51. The fourth-order valence-electron chi connectivity index (χ4n) is 2.61. The van der Waals surface area contributed by atoms with Gasteiger partial charge in [-0.25, -0.2) is 0 Å².